The Morgan fingerprint density at radius 2 is 2.14 bits per heavy atom. The molecule has 3 N–H and O–H groups in total. The molecule has 0 aromatic carbocycles. The third kappa shape index (κ3) is 3.17. The molecule has 6 nitrogen and oxygen atoms in total. The zero-order chi connectivity index (χ0) is 16.3. The van der Waals surface area contributed by atoms with Crippen LogP contribution in [-0.2, 0) is 4.79 Å². The molecule has 0 spiro atoms. The van der Waals surface area contributed by atoms with Crippen LogP contribution in [0.3, 0.4) is 0 Å². The Balaban J connectivity index is 2.40. The first kappa shape index (κ1) is 16.2. The van der Waals surface area contributed by atoms with Crippen LogP contribution in [0.25, 0.3) is 5.70 Å². The van der Waals surface area contributed by atoms with Gasteiger partial charge in [-0.2, -0.15) is 0 Å². The number of ether oxygens (including phenoxy) is 1. The molecule has 0 amide bonds. The highest BCUT2D eigenvalue weighted by molar-refractivity contribution is 6.50. The van der Waals surface area contributed by atoms with Crippen molar-refractivity contribution in [2.45, 2.75) is 32.7 Å². The number of aryl methyl sites for hydroxylation is 1. The number of carbonyl (C=O) groups is 2. The number of methoxy groups -OCH3 is 1. The normalized spacial score (nSPS) is 15.2. The molecular formula is C16H21N3O3. The third-order valence-corrected chi connectivity index (χ3v) is 3.63. The molecule has 1 heterocycles. The first-order chi connectivity index (χ1) is 10.5. The maximum absolute atomic E-state index is 12.1. The van der Waals surface area contributed by atoms with Crippen LogP contribution in [0.5, 0.6) is 5.88 Å². The summed E-state index contributed by atoms with van der Waals surface area (Å²) in [4.78, 5) is 28.4. The predicted octanol–water partition coefficient (Wildman–Crippen LogP) is 1.22. The minimum absolute atomic E-state index is 0.122. The van der Waals surface area contributed by atoms with E-state index < -0.39 is 11.6 Å². The van der Waals surface area contributed by atoms with Crippen molar-refractivity contribution < 1.29 is 14.3 Å². The van der Waals surface area contributed by atoms with E-state index in [0.29, 0.717) is 34.9 Å². The number of carbonyl (C=O) groups excluding carboxylic acids is 2. The number of ketones is 2. The highest BCUT2D eigenvalue weighted by Gasteiger charge is 2.30. The maximum Gasteiger partial charge on any atom is 0.235 e. The number of hydrogen-bond acceptors (Lipinski definition) is 6. The molecule has 6 heteroatoms. The van der Waals surface area contributed by atoms with E-state index in [1.54, 1.807) is 13.0 Å². The molecule has 1 aliphatic carbocycles. The number of nitrogens with one attached hydrogen (secondary N) is 1. The molecule has 0 bridgehead atoms. The van der Waals surface area contributed by atoms with Gasteiger partial charge in [-0.25, -0.2) is 4.98 Å². The number of rotatable bonds is 6. The first-order valence-electron chi connectivity index (χ1n) is 7.31. The lowest BCUT2D eigenvalue weighted by Crippen LogP contribution is -2.31. The van der Waals surface area contributed by atoms with Crippen LogP contribution in [0.1, 0.15) is 41.4 Å². The molecule has 0 aliphatic heterocycles. The smallest absolute Gasteiger partial charge is 0.235 e. The average Bonchev–Trinajstić information content (AvgIpc) is 2.49. The van der Waals surface area contributed by atoms with Crippen LogP contribution >= 0.6 is 0 Å². The van der Waals surface area contributed by atoms with E-state index in [-0.39, 0.29) is 6.04 Å². The number of allylic oxidation sites excluding steroid dienone is 1. The van der Waals surface area contributed by atoms with Gasteiger partial charge in [0.15, 0.2) is 0 Å². The second kappa shape index (κ2) is 6.70. The number of hydrogen-bond donors (Lipinski definition) is 2. The lowest BCUT2D eigenvalue weighted by molar-refractivity contribution is -0.111. The summed E-state index contributed by atoms with van der Waals surface area (Å²) in [6.07, 6.45) is 3.06. The summed E-state index contributed by atoms with van der Waals surface area (Å²) in [5.74, 6) is -0.639. The molecule has 0 saturated heterocycles. The van der Waals surface area contributed by atoms with Gasteiger partial charge in [0.05, 0.1) is 18.4 Å². The number of nitrogens with zero attached hydrogens (tertiary/aromatic N) is 1. The minimum Gasteiger partial charge on any atom is -0.481 e. The van der Waals surface area contributed by atoms with Gasteiger partial charge >= 0.3 is 0 Å². The SMILES string of the molecule is COc1cc(C)c2c(n1)C(NC(C)CCCN)=CC(=O)C2=O. The van der Waals surface area contributed by atoms with Gasteiger partial charge < -0.3 is 15.8 Å². The van der Waals surface area contributed by atoms with Gasteiger partial charge in [-0.3, -0.25) is 9.59 Å². The Hall–Kier alpha value is -2.21. The van der Waals surface area contributed by atoms with Crippen molar-refractivity contribution in [3.63, 3.8) is 0 Å². The molecule has 22 heavy (non-hydrogen) atoms. The van der Waals surface area contributed by atoms with Crippen molar-refractivity contribution in [1.82, 2.24) is 10.3 Å². The summed E-state index contributed by atoms with van der Waals surface area (Å²) >= 11 is 0. The predicted molar refractivity (Wildman–Crippen MR) is 83.7 cm³/mol. The molecule has 1 aliphatic rings. The quantitative estimate of drug-likeness (QED) is 0.767. The molecule has 118 valence electrons. The van der Waals surface area contributed by atoms with E-state index >= 15 is 0 Å². The lowest BCUT2D eigenvalue weighted by Gasteiger charge is -2.22. The van der Waals surface area contributed by atoms with E-state index in [2.05, 4.69) is 10.3 Å². The van der Waals surface area contributed by atoms with Gasteiger partial charge in [0.1, 0.15) is 5.69 Å². The summed E-state index contributed by atoms with van der Waals surface area (Å²) in [6.45, 7) is 4.39. The monoisotopic (exact) mass is 303 g/mol. The maximum atomic E-state index is 12.1. The Bertz CT molecular complexity index is 638. The van der Waals surface area contributed by atoms with Gasteiger partial charge in [0.25, 0.3) is 0 Å². The van der Waals surface area contributed by atoms with Crippen LogP contribution in [0, 0.1) is 6.92 Å². The Kier molecular flexibility index (Phi) is 4.92. The fraction of sp³-hybridized carbons (Fsp3) is 0.438. The number of aromatic nitrogens is 1. The number of pyridine rings is 1. The van der Waals surface area contributed by atoms with Crippen molar-refractivity contribution in [2.24, 2.45) is 5.73 Å². The molecular weight excluding hydrogens is 282 g/mol. The molecule has 2 rings (SSSR count). The number of Topliss-reactive ketones (excluding diaryl/α,β-unsaturated/α-hetero) is 1. The second-order valence-electron chi connectivity index (χ2n) is 5.43. The van der Waals surface area contributed by atoms with Crippen molar-refractivity contribution >= 4 is 17.3 Å². The van der Waals surface area contributed by atoms with Gasteiger partial charge in [0.2, 0.25) is 17.4 Å². The number of nitrogens with two attached hydrogens (primary N) is 1. The third-order valence-electron chi connectivity index (χ3n) is 3.63. The van der Waals surface area contributed by atoms with Gasteiger partial charge in [-0.1, -0.05) is 0 Å². The van der Waals surface area contributed by atoms with E-state index in [1.807, 2.05) is 6.92 Å². The van der Waals surface area contributed by atoms with Crippen LogP contribution in [0.4, 0.5) is 0 Å². The second-order valence-corrected chi connectivity index (χ2v) is 5.43. The van der Waals surface area contributed by atoms with E-state index in [1.165, 1.54) is 13.2 Å². The van der Waals surface area contributed by atoms with Crippen molar-refractivity contribution in [2.75, 3.05) is 13.7 Å². The topological polar surface area (TPSA) is 94.3 Å². The summed E-state index contributed by atoms with van der Waals surface area (Å²) in [7, 11) is 1.52. The fourth-order valence-corrected chi connectivity index (χ4v) is 2.49. The molecule has 1 aromatic rings. The Morgan fingerprint density at radius 3 is 2.77 bits per heavy atom. The van der Waals surface area contributed by atoms with E-state index in [9.17, 15) is 9.59 Å². The zero-order valence-corrected chi connectivity index (χ0v) is 13.1. The molecule has 0 fully saturated rings. The van der Waals surface area contributed by atoms with E-state index in [4.69, 9.17) is 10.5 Å². The molecule has 1 aromatic heterocycles. The highest BCUT2D eigenvalue weighted by atomic mass is 16.5. The first-order valence-corrected chi connectivity index (χ1v) is 7.31. The van der Waals surface area contributed by atoms with Crippen molar-refractivity contribution in [1.29, 1.82) is 0 Å². The standard InChI is InChI=1S/C16H21N3O3/c1-9-7-13(22-3)19-15-11(18-10(2)5-4-6-17)8-12(20)16(21)14(9)15/h7-8,10,18H,4-6,17H2,1-3H3. The van der Waals surface area contributed by atoms with Crippen molar-refractivity contribution in [3.8, 4) is 5.88 Å². The zero-order valence-electron chi connectivity index (χ0n) is 13.1. The van der Waals surface area contributed by atoms with E-state index in [0.717, 1.165) is 12.8 Å². The average molecular weight is 303 g/mol. The molecule has 0 saturated carbocycles. The van der Waals surface area contributed by atoms with Gasteiger partial charge in [-0.05, 0) is 38.8 Å². The van der Waals surface area contributed by atoms with Crippen molar-refractivity contribution in [3.05, 3.63) is 29.0 Å². The minimum atomic E-state index is -0.531. The van der Waals surface area contributed by atoms with Gasteiger partial charge in [0, 0.05) is 18.2 Å². The van der Waals surface area contributed by atoms with Crippen LogP contribution in [0.15, 0.2) is 12.1 Å². The molecule has 1 unspecified atom stereocenters. The van der Waals surface area contributed by atoms with Gasteiger partial charge in [-0.15, -0.1) is 0 Å². The molecule has 0 radical (unpaired) electrons. The summed E-state index contributed by atoms with van der Waals surface area (Å²) in [6, 6.07) is 1.78. The molecule has 1 atom stereocenters. The lowest BCUT2D eigenvalue weighted by atomic mass is 9.93. The Morgan fingerprint density at radius 1 is 1.41 bits per heavy atom. The highest BCUT2D eigenvalue weighted by Crippen LogP contribution is 2.27. The number of fused-ring (bicyclic) bond motifs is 1. The fourth-order valence-electron chi connectivity index (χ4n) is 2.49. The van der Waals surface area contributed by atoms with Crippen LogP contribution in [-0.4, -0.2) is 36.2 Å². The summed E-state index contributed by atoms with van der Waals surface area (Å²) in [5.41, 5.74) is 7.58. The summed E-state index contributed by atoms with van der Waals surface area (Å²) in [5, 5.41) is 3.25. The van der Waals surface area contributed by atoms with Crippen LogP contribution in [0.2, 0.25) is 0 Å². The largest absolute Gasteiger partial charge is 0.481 e. The summed E-state index contributed by atoms with van der Waals surface area (Å²) < 4.78 is 5.16. The Labute approximate surface area is 129 Å². The van der Waals surface area contributed by atoms with Crippen LogP contribution < -0.4 is 15.8 Å².